The van der Waals surface area contributed by atoms with Gasteiger partial charge in [0.05, 0.1) is 5.56 Å². The van der Waals surface area contributed by atoms with Crippen molar-refractivity contribution >= 4 is 5.91 Å². The second-order valence-corrected chi connectivity index (χ2v) is 14.2. The van der Waals surface area contributed by atoms with Crippen LogP contribution >= 0.6 is 0 Å². The van der Waals surface area contributed by atoms with Crippen molar-refractivity contribution in [3.63, 3.8) is 0 Å². The lowest BCUT2D eigenvalue weighted by molar-refractivity contribution is 0.0940. The van der Waals surface area contributed by atoms with E-state index < -0.39 is 0 Å². The summed E-state index contributed by atoms with van der Waals surface area (Å²) in [5.41, 5.74) is 7.70. The van der Waals surface area contributed by atoms with E-state index in [0.717, 1.165) is 50.5 Å². The zero-order valence-electron chi connectivity index (χ0n) is 25.5. The molecule has 1 aromatic carbocycles. The Hall–Kier alpha value is -2.11. The molecule has 1 N–H and O–H groups in total. The number of piperazine rings is 1. The number of carbonyl (C=O) groups excluding carboxylic acids is 1. The second-order valence-electron chi connectivity index (χ2n) is 14.2. The van der Waals surface area contributed by atoms with E-state index >= 15 is 0 Å². The van der Waals surface area contributed by atoms with E-state index in [-0.39, 0.29) is 11.3 Å². The molecule has 1 aliphatic heterocycles. The van der Waals surface area contributed by atoms with E-state index in [1.807, 2.05) is 0 Å². The number of amides is 1. The molecule has 5 heteroatoms. The second kappa shape index (κ2) is 11.4. The summed E-state index contributed by atoms with van der Waals surface area (Å²) in [6.45, 7) is 18.5. The number of nitrogens with one attached hydrogen (secondary N) is 1. The van der Waals surface area contributed by atoms with Crippen LogP contribution in [0.3, 0.4) is 0 Å². The first-order chi connectivity index (χ1) is 18.5. The fourth-order valence-electron chi connectivity index (χ4n) is 6.50. The molecule has 5 rings (SSSR count). The lowest BCUT2D eigenvalue weighted by atomic mass is 9.82. The van der Waals surface area contributed by atoms with Gasteiger partial charge < -0.3 is 14.8 Å². The Kier molecular flexibility index (Phi) is 8.31. The van der Waals surface area contributed by atoms with Crippen molar-refractivity contribution in [2.75, 3.05) is 46.3 Å². The Bertz CT molecular complexity index is 1130. The maximum atomic E-state index is 13.6. The van der Waals surface area contributed by atoms with Gasteiger partial charge in [0.1, 0.15) is 0 Å². The van der Waals surface area contributed by atoms with Crippen molar-refractivity contribution in [2.45, 2.75) is 96.9 Å². The fourth-order valence-corrected chi connectivity index (χ4v) is 6.50. The molecule has 2 aliphatic carbocycles. The van der Waals surface area contributed by atoms with Crippen LogP contribution in [0.5, 0.6) is 0 Å². The zero-order valence-corrected chi connectivity index (χ0v) is 25.5. The lowest BCUT2D eigenvalue weighted by Crippen LogP contribution is -2.46. The summed E-state index contributed by atoms with van der Waals surface area (Å²) in [6, 6.07) is 9.48. The number of carbonyl (C=O) groups is 1. The van der Waals surface area contributed by atoms with E-state index in [1.165, 1.54) is 67.3 Å². The molecule has 1 amide bonds. The highest BCUT2D eigenvalue weighted by Gasteiger charge is 2.40. The van der Waals surface area contributed by atoms with Crippen LogP contribution in [-0.4, -0.2) is 66.6 Å². The summed E-state index contributed by atoms with van der Waals surface area (Å²) < 4.78 is 2.49. The largest absolute Gasteiger partial charge is 0.351 e. The highest BCUT2D eigenvalue weighted by Crippen LogP contribution is 2.49. The maximum absolute atomic E-state index is 13.6. The number of hydrogen-bond acceptors (Lipinski definition) is 3. The highest BCUT2D eigenvalue weighted by molar-refractivity contribution is 5.97. The third-order valence-electron chi connectivity index (χ3n) is 9.88. The molecule has 214 valence electrons. The van der Waals surface area contributed by atoms with Gasteiger partial charge in [0.2, 0.25) is 0 Å². The molecule has 0 spiro atoms. The van der Waals surface area contributed by atoms with Gasteiger partial charge in [-0.05, 0) is 91.3 Å². The SMILES string of the molecule is Cc1c(C(=O)NCCN2CCN(C)CC2)cc(-c2cc(C(C)(C)C)cc(C3(C)CC3)c2)n1CC1CCCCC1. The molecular weight excluding hydrogens is 480 g/mol. The minimum absolute atomic E-state index is 0.0756. The van der Waals surface area contributed by atoms with Gasteiger partial charge in [0, 0.05) is 57.2 Å². The minimum atomic E-state index is 0.0756. The van der Waals surface area contributed by atoms with Crippen LogP contribution in [0.15, 0.2) is 24.3 Å². The van der Waals surface area contributed by atoms with Crippen LogP contribution in [0.1, 0.15) is 99.8 Å². The molecule has 5 nitrogen and oxygen atoms in total. The topological polar surface area (TPSA) is 40.5 Å². The first kappa shape index (κ1) is 28.4. The van der Waals surface area contributed by atoms with Gasteiger partial charge >= 0.3 is 0 Å². The Balaban J connectivity index is 1.44. The fraction of sp³-hybridized carbons (Fsp3) is 0.676. The molecule has 2 heterocycles. The summed E-state index contributed by atoms with van der Waals surface area (Å²) in [6.07, 6.45) is 9.17. The van der Waals surface area contributed by atoms with Gasteiger partial charge in [-0.1, -0.05) is 53.0 Å². The smallest absolute Gasteiger partial charge is 0.253 e. The molecule has 0 radical (unpaired) electrons. The number of benzene rings is 1. The highest BCUT2D eigenvalue weighted by atomic mass is 16.1. The van der Waals surface area contributed by atoms with Gasteiger partial charge in [0.15, 0.2) is 0 Å². The summed E-state index contributed by atoms with van der Waals surface area (Å²) in [5.74, 6) is 0.773. The van der Waals surface area contributed by atoms with E-state index in [1.54, 1.807) is 0 Å². The number of rotatable bonds is 8. The first-order valence-corrected chi connectivity index (χ1v) is 15.6. The quantitative estimate of drug-likeness (QED) is 0.429. The van der Waals surface area contributed by atoms with Gasteiger partial charge in [-0.15, -0.1) is 0 Å². The number of nitrogens with zero attached hydrogens (tertiary/aromatic N) is 3. The predicted octanol–water partition coefficient (Wildman–Crippen LogP) is 6.37. The third kappa shape index (κ3) is 6.62. The van der Waals surface area contributed by atoms with Crippen LogP contribution in [0.25, 0.3) is 11.3 Å². The molecule has 2 aromatic rings. The average Bonchev–Trinajstić information content (AvgIpc) is 3.59. The van der Waals surface area contributed by atoms with Crippen molar-refractivity contribution in [1.29, 1.82) is 0 Å². The van der Waals surface area contributed by atoms with E-state index in [2.05, 4.69) is 85.6 Å². The molecule has 3 fully saturated rings. The monoisotopic (exact) mass is 532 g/mol. The van der Waals surface area contributed by atoms with E-state index in [9.17, 15) is 4.79 Å². The van der Waals surface area contributed by atoms with Crippen LogP contribution in [0.2, 0.25) is 0 Å². The number of hydrogen-bond donors (Lipinski definition) is 1. The van der Waals surface area contributed by atoms with E-state index in [0.29, 0.717) is 17.9 Å². The molecule has 0 bridgehead atoms. The average molecular weight is 533 g/mol. The summed E-state index contributed by atoms with van der Waals surface area (Å²) in [5, 5.41) is 3.27. The normalized spacial score (nSPS) is 20.8. The van der Waals surface area contributed by atoms with Crippen LogP contribution in [0.4, 0.5) is 0 Å². The van der Waals surface area contributed by atoms with Gasteiger partial charge in [-0.2, -0.15) is 0 Å². The Labute approximate surface area is 237 Å². The van der Waals surface area contributed by atoms with Crippen LogP contribution in [0, 0.1) is 12.8 Å². The van der Waals surface area contributed by atoms with Crippen LogP contribution < -0.4 is 5.32 Å². The van der Waals surface area contributed by atoms with E-state index in [4.69, 9.17) is 0 Å². The Morgan fingerprint density at radius 1 is 1.00 bits per heavy atom. The zero-order chi connectivity index (χ0) is 27.8. The third-order valence-corrected chi connectivity index (χ3v) is 9.88. The van der Waals surface area contributed by atoms with Crippen molar-refractivity contribution in [2.24, 2.45) is 5.92 Å². The van der Waals surface area contributed by atoms with Gasteiger partial charge in [-0.25, -0.2) is 0 Å². The molecule has 0 atom stereocenters. The summed E-state index contributed by atoms with van der Waals surface area (Å²) >= 11 is 0. The Morgan fingerprint density at radius 3 is 2.33 bits per heavy atom. The molecule has 0 unspecified atom stereocenters. The van der Waals surface area contributed by atoms with Crippen LogP contribution in [-0.2, 0) is 17.4 Å². The predicted molar refractivity (Wildman–Crippen MR) is 163 cm³/mol. The van der Waals surface area contributed by atoms with Crippen molar-refractivity contribution in [1.82, 2.24) is 19.7 Å². The molecule has 1 aromatic heterocycles. The number of aromatic nitrogens is 1. The van der Waals surface area contributed by atoms with Crippen molar-refractivity contribution in [3.8, 4) is 11.3 Å². The van der Waals surface area contributed by atoms with Crippen molar-refractivity contribution < 1.29 is 4.79 Å². The van der Waals surface area contributed by atoms with Gasteiger partial charge in [0.25, 0.3) is 5.91 Å². The Morgan fingerprint density at radius 2 is 1.69 bits per heavy atom. The molecule has 39 heavy (non-hydrogen) atoms. The molecule has 1 saturated heterocycles. The van der Waals surface area contributed by atoms with Crippen molar-refractivity contribution in [3.05, 3.63) is 46.6 Å². The molecule has 3 aliphatic rings. The molecular formula is C34H52N4O. The first-order valence-electron chi connectivity index (χ1n) is 15.6. The van der Waals surface area contributed by atoms with Gasteiger partial charge in [-0.3, -0.25) is 9.69 Å². The lowest BCUT2D eigenvalue weighted by Gasteiger charge is -2.32. The minimum Gasteiger partial charge on any atom is -0.351 e. The standard InChI is InChI=1S/C34H52N4O/c1-25-30(32(39)35-14-15-37-18-16-36(6)17-19-37)23-31(38(25)24-26-10-8-7-9-11-26)27-20-28(33(2,3)4)22-29(21-27)34(5)12-13-34/h20-23,26H,7-19,24H2,1-6H3,(H,35,39). The number of likely N-dealkylation sites (N-methyl/N-ethyl adjacent to an activating group) is 1. The summed E-state index contributed by atoms with van der Waals surface area (Å²) in [4.78, 5) is 18.4. The summed E-state index contributed by atoms with van der Waals surface area (Å²) in [7, 11) is 2.18. The molecule has 2 saturated carbocycles. The maximum Gasteiger partial charge on any atom is 0.253 e.